The zero-order chi connectivity index (χ0) is 16.1. The number of fused-ring (bicyclic) bond motifs is 2. The lowest BCUT2D eigenvalue weighted by molar-refractivity contribution is -0.136. The smallest absolute Gasteiger partial charge is 0.0682 e. The van der Waals surface area contributed by atoms with Crippen molar-refractivity contribution < 1.29 is 5.11 Å². The normalized spacial score (nSPS) is 34.0. The molecule has 4 fully saturated rings. The fraction of sp³-hybridized carbons (Fsp3) is 0.737. The van der Waals surface area contributed by atoms with Crippen molar-refractivity contribution in [1.29, 1.82) is 0 Å². The van der Waals surface area contributed by atoms with Crippen molar-refractivity contribution >= 4 is 0 Å². The molecule has 24 heavy (non-hydrogen) atoms. The van der Waals surface area contributed by atoms with Crippen LogP contribution in [0, 0.1) is 0 Å². The number of aliphatic hydroxyl groups is 1. The number of rotatable bonds is 3. The van der Waals surface area contributed by atoms with Crippen LogP contribution in [0.5, 0.6) is 0 Å². The highest BCUT2D eigenvalue weighted by atomic mass is 16.3. The molecule has 4 aliphatic rings. The molecule has 0 amide bonds. The third-order valence-corrected chi connectivity index (χ3v) is 6.70. The van der Waals surface area contributed by atoms with E-state index in [9.17, 15) is 5.11 Å². The first kappa shape index (κ1) is 15.3. The lowest BCUT2D eigenvalue weighted by atomic mass is 9.79. The van der Waals surface area contributed by atoms with Gasteiger partial charge in [-0.15, -0.1) is 0 Å². The standard InChI is InChI=1S/C19H28N4O/c24-18-7-17-10-21(9-15-3-2-6-20-8-15)12-19(23(17)11-18)13-22(14-19)16-4-1-5-16/h2-3,6,8,16-18,24H,1,4-5,7,9-14H2/t17-,18+/m0/s1. The molecule has 130 valence electrons. The lowest BCUT2D eigenvalue weighted by Gasteiger charge is -2.63. The number of piperazine rings is 1. The second-order valence-corrected chi connectivity index (χ2v) is 8.44. The van der Waals surface area contributed by atoms with Crippen LogP contribution in [-0.2, 0) is 6.54 Å². The quantitative estimate of drug-likeness (QED) is 0.894. The Balaban J connectivity index is 1.32. The molecule has 1 spiro atoms. The van der Waals surface area contributed by atoms with Crippen LogP contribution < -0.4 is 0 Å². The van der Waals surface area contributed by atoms with Crippen LogP contribution >= 0.6 is 0 Å². The summed E-state index contributed by atoms with van der Waals surface area (Å²) in [5.41, 5.74) is 1.58. The van der Waals surface area contributed by atoms with Crippen molar-refractivity contribution in [2.75, 3.05) is 32.7 Å². The van der Waals surface area contributed by atoms with Gasteiger partial charge in [0.2, 0.25) is 0 Å². The van der Waals surface area contributed by atoms with Gasteiger partial charge in [-0.2, -0.15) is 0 Å². The first-order valence-electron chi connectivity index (χ1n) is 9.52. The number of β-amino-alcohol motifs (C(OH)–C–C–N with tert-alkyl or cyclic N) is 1. The highest BCUT2D eigenvalue weighted by Gasteiger charge is 2.57. The van der Waals surface area contributed by atoms with Gasteiger partial charge in [-0.25, -0.2) is 0 Å². The molecule has 5 rings (SSSR count). The van der Waals surface area contributed by atoms with E-state index in [0.717, 1.165) is 38.6 Å². The van der Waals surface area contributed by atoms with Crippen LogP contribution in [0.15, 0.2) is 24.5 Å². The van der Waals surface area contributed by atoms with Gasteiger partial charge in [0, 0.05) is 63.7 Å². The van der Waals surface area contributed by atoms with Crippen molar-refractivity contribution in [3.8, 4) is 0 Å². The number of nitrogens with zero attached hydrogens (tertiary/aromatic N) is 4. The number of hydrogen-bond acceptors (Lipinski definition) is 5. The molecule has 1 saturated carbocycles. The van der Waals surface area contributed by atoms with E-state index >= 15 is 0 Å². The molecular weight excluding hydrogens is 300 g/mol. The molecule has 5 heteroatoms. The topological polar surface area (TPSA) is 42.8 Å². The van der Waals surface area contributed by atoms with Crippen LogP contribution in [-0.4, -0.2) is 81.2 Å². The van der Waals surface area contributed by atoms with Gasteiger partial charge < -0.3 is 5.11 Å². The molecular formula is C19H28N4O. The zero-order valence-electron chi connectivity index (χ0n) is 14.3. The Bertz CT molecular complexity index is 584. The van der Waals surface area contributed by atoms with Crippen molar-refractivity contribution in [2.24, 2.45) is 0 Å². The Hall–Kier alpha value is -1.01. The minimum Gasteiger partial charge on any atom is -0.392 e. The number of aliphatic hydroxyl groups excluding tert-OH is 1. The average Bonchev–Trinajstić information content (AvgIpc) is 2.85. The Labute approximate surface area is 144 Å². The number of likely N-dealkylation sites (tertiary alicyclic amines) is 1. The summed E-state index contributed by atoms with van der Waals surface area (Å²) in [6, 6.07) is 5.57. The summed E-state index contributed by atoms with van der Waals surface area (Å²) < 4.78 is 0. The van der Waals surface area contributed by atoms with Gasteiger partial charge in [0.25, 0.3) is 0 Å². The highest BCUT2D eigenvalue weighted by molar-refractivity contribution is 5.16. The Kier molecular flexibility index (Phi) is 3.67. The summed E-state index contributed by atoms with van der Waals surface area (Å²) in [5, 5.41) is 10.2. The van der Waals surface area contributed by atoms with E-state index in [4.69, 9.17) is 0 Å². The maximum absolute atomic E-state index is 10.2. The molecule has 2 atom stereocenters. The largest absolute Gasteiger partial charge is 0.392 e. The summed E-state index contributed by atoms with van der Waals surface area (Å²) in [5.74, 6) is 0. The molecule has 5 nitrogen and oxygen atoms in total. The molecule has 1 aliphatic carbocycles. The van der Waals surface area contributed by atoms with E-state index in [-0.39, 0.29) is 11.6 Å². The Morgan fingerprint density at radius 2 is 2.04 bits per heavy atom. The van der Waals surface area contributed by atoms with Crippen molar-refractivity contribution in [3.63, 3.8) is 0 Å². The Morgan fingerprint density at radius 3 is 2.75 bits per heavy atom. The molecule has 0 unspecified atom stereocenters. The molecule has 1 aromatic rings. The fourth-order valence-electron chi connectivity index (χ4n) is 5.39. The van der Waals surface area contributed by atoms with Gasteiger partial charge in [-0.1, -0.05) is 12.5 Å². The van der Waals surface area contributed by atoms with Crippen LogP contribution in [0.25, 0.3) is 0 Å². The molecule has 3 aliphatic heterocycles. The van der Waals surface area contributed by atoms with E-state index < -0.39 is 0 Å². The van der Waals surface area contributed by atoms with Gasteiger partial charge in [-0.3, -0.25) is 19.7 Å². The summed E-state index contributed by atoms with van der Waals surface area (Å²) in [6.45, 7) is 6.48. The van der Waals surface area contributed by atoms with Crippen LogP contribution in [0.3, 0.4) is 0 Å². The monoisotopic (exact) mass is 328 g/mol. The predicted molar refractivity (Wildman–Crippen MR) is 92.6 cm³/mol. The summed E-state index contributed by atoms with van der Waals surface area (Å²) in [7, 11) is 0. The maximum Gasteiger partial charge on any atom is 0.0682 e. The lowest BCUT2D eigenvalue weighted by Crippen LogP contribution is -2.79. The van der Waals surface area contributed by atoms with Gasteiger partial charge >= 0.3 is 0 Å². The van der Waals surface area contributed by atoms with E-state index in [1.165, 1.54) is 37.9 Å². The second kappa shape index (κ2) is 5.77. The van der Waals surface area contributed by atoms with Crippen molar-refractivity contribution in [3.05, 3.63) is 30.1 Å². The van der Waals surface area contributed by atoms with Gasteiger partial charge in [0.1, 0.15) is 0 Å². The van der Waals surface area contributed by atoms with E-state index in [1.54, 1.807) is 0 Å². The van der Waals surface area contributed by atoms with E-state index in [1.807, 2.05) is 18.5 Å². The molecule has 1 N–H and O–H groups in total. The number of hydrogen-bond donors (Lipinski definition) is 1. The molecule has 0 aromatic carbocycles. The van der Waals surface area contributed by atoms with Crippen molar-refractivity contribution in [1.82, 2.24) is 19.7 Å². The second-order valence-electron chi connectivity index (χ2n) is 8.44. The van der Waals surface area contributed by atoms with E-state index in [2.05, 4.69) is 25.8 Å². The van der Waals surface area contributed by atoms with Crippen LogP contribution in [0.2, 0.25) is 0 Å². The minimum absolute atomic E-state index is 0.136. The summed E-state index contributed by atoms with van der Waals surface area (Å²) in [6.07, 6.45) is 8.83. The average molecular weight is 328 g/mol. The van der Waals surface area contributed by atoms with E-state index in [0.29, 0.717) is 6.04 Å². The third-order valence-electron chi connectivity index (χ3n) is 6.70. The van der Waals surface area contributed by atoms with Crippen LogP contribution in [0.4, 0.5) is 0 Å². The molecule has 3 saturated heterocycles. The van der Waals surface area contributed by atoms with Gasteiger partial charge in [0.05, 0.1) is 11.6 Å². The first-order valence-corrected chi connectivity index (χ1v) is 9.52. The minimum atomic E-state index is -0.136. The number of aromatic nitrogens is 1. The van der Waals surface area contributed by atoms with Gasteiger partial charge in [-0.05, 0) is 30.9 Å². The van der Waals surface area contributed by atoms with Crippen molar-refractivity contribution in [2.45, 2.75) is 56.0 Å². The fourth-order valence-corrected chi connectivity index (χ4v) is 5.39. The van der Waals surface area contributed by atoms with Crippen LogP contribution in [0.1, 0.15) is 31.2 Å². The SMILES string of the molecule is O[C@@H]1C[C@H]2CN(Cc3cccnc3)CC3(CN(C4CCC4)C3)N2C1. The molecule has 0 radical (unpaired) electrons. The summed E-state index contributed by atoms with van der Waals surface area (Å²) in [4.78, 5) is 12.2. The molecule has 0 bridgehead atoms. The molecule has 1 aromatic heterocycles. The predicted octanol–water partition coefficient (Wildman–Crippen LogP) is 0.939. The highest BCUT2D eigenvalue weighted by Crippen LogP contribution is 2.42. The third kappa shape index (κ3) is 2.49. The number of pyridine rings is 1. The first-order chi connectivity index (χ1) is 11.7. The Morgan fingerprint density at radius 1 is 1.17 bits per heavy atom. The maximum atomic E-state index is 10.2. The zero-order valence-corrected chi connectivity index (χ0v) is 14.3. The summed E-state index contributed by atoms with van der Waals surface area (Å²) >= 11 is 0. The molecule has 4 heterocycles. The van der Waals surface area contributed by atoms with Gasteiger partial charge in [0.15, 0.2) is 0 Å².